The molecule has 98 valence electrons. The van der Waals surface area contributed by atoms with Crippen molar-refractivity contribution in [2.75, 3.05) is 0 Å². The molecule has 0 saturated heterocycles. The zero-order valence-corrected chi connectivity index (χ0v) is 11.0. The number of Topliss-reactive ketones (excluding diaryl/α,β-unsaturated/α-hetero) is 1. The van der Waals surface area contributed by atoms with E-state index in [9.17, 15) is 4.79 Å². The number of hydrogen-bond acceptors (Lipinski definition) is 3. The quantitative estimate of drug-likeness (QED) is 0.737. The van der Waals surface area contributed by atoms with Crippen molar-refractivity contribution < 1.29 is 4.79 Å². The van der Waals surface area contributed by atoms with E-state index in [4.69, 9.17) is 0 Å². The molecule has 0 aliphatic rings. The molecule has 0 bridgehead atoms. The number of carbonyl (C=O) groups is 1. The Bertz CT molecular complexity index is 730. The average molecular weight is 263 g/mol. The Hall–Kier alpha value is -2.75. The van der Waals surface area contributed by atoms with E-state index in [2.05, 4.69) is 15.2 Å². The summed E-state index contributed by atoms with van der Waals surface area (Å²) in [6.45, 7) is 1.55. The largest absolute Gasteiger partial charge is 0.295 e. The fourth-order valence-electron chi connectivity index (χ4n) is 1.97. The standard InChI is InChI=1S/C16H13N3O/c1-11(20)12-7-9-14(10-8-12)16-17-15(18-19-16)13-5-3-2-4-6-13/h2-10H,1H3,(H,17,18,19). The third-order valence-electron chi connectivity index (χ3n) is 3.08. The molecule has 1 aromatic heterocycles. The molecule has 0 radical (unpaired) electrons. The summed E-state index contributed by atoms with van der Waals surface area (Å²) in [5, 5.41) is 7.14. The minimum atomic E-state index is 0.0547. The van der Waals surface area contributed by atoms with Gasteiger partial charge in [-0.15, -0.1) is 0 Å². The van der Waals surface area contributed by atoms with E-state index in [-0.39, 0.29) is 5.78 Å². The van der Waals surface area contributed by atoms with E-state index in [0.29, 0.717) is 17.2 Å². The third kappa shape index (κ3) is 2.36. The van der Waals surface area contributed by atoms with Crippen LogP contribution in [-0.4, -0.2) is 21.0 Å². The van der Waals surface area contributed by atoms with Gasteiger partial charge in [0.15, 0.2) is 17.4 Å². The number of carbonyl (C=O) groups excluding carboxylic acids is 1. The molecular weight excluding hydrogens is 250 g/mol. The Labute approximate surface area is 116 Å². The summed E-state index contributed by atoms with van der Waals surface area (Å²) < 4.78 is 0. The lowest BCUT2D eigenvalue weighted by Crippen LogP contribution is -1.91. The molecule has 0 aliphatic heterocycles. The Morgan fingerprint density at radius 3 is 2.30 bits per heavy atom. The van der Waals surface area contributed by atoms with E-state index in [1.807, 2.05) is 42.5 Å². The second kappa shape index (κ2) is 5.09. The molecule has 0 aliphatic carbocycles. The number of H-pyrrole nitrogens is 1. The van der Waals surface area contributed by atoms with Crippen molar-refractivity contribution in [3.8, 4) is 22.8 Å². The molecule has 0 saturated carbocycles. The van der Waals surface area contributed by atoms with E-state index in [0.717, 1.165) is 11.1 Å². The monoisotopic (exact) mass is 263 g/mol. The van der Waals surface area contributed by atoms with Crippen LogP contribution in [0.4, 0.5) is 0 Å². The third-order valence-corrected chi connectivity index (χ3v) is 3.08. The Kier molecular flexibility index (Phi) is 3.13. The summed E-state index contributed by atoms with van der Waals surface area (Å²) in [4.78, 5) is 15.7. The van der Waals surface area contributed by atoms with Crippen LogP contribution in [0.25, 0.3) is 22.8 Å². The van der Waals surface area contributed by atoms with Crippen LogP contribution in [-0.2, 0) is 0 Å². The van der Waals surface area contributed by atoms with Crippen molar-refractivity contribution in [2.24, 2.45) is 0 Å². The highest BCUT2D eigenvalue weighted by Crippen LogP contribution is 2.20. The first kappa shape index (κ1) is 12.3. The van der Waals surface area contributed by atoms with Crippen LogP contribution in [0.3, 0.4) is 0 Å². The maximum atomic E-state index is 11.2. The number of aromatic nitrogens is 3. The normalized spacial score (nSPS) is 10.4. The molecule has 0 amide bonds. The first-order chi connectivity index (χ1) is 9.74. The molecule has 4 nitrogen and oxygen atoms in total. The second-order valence-electron chi connectivity index (χ2n) is 4.51. The van der Waals surface area contributed by atoms with Gasteiger partial charge in [0.2, 0.25) is 0 Å². The maximum Gasteiger partial charge on any atom is 0.181 e. The van der Waals surface area contributed by atoms with Crippen LogP contribution in [0.2, 0.25) is 0 Å². The van der Waals surface area contributed by atoms with Gasteiger partial charge in [-0.1, -0.05) is 54.6 Å². The highest BCUT2D eigenvalue weighted by molar-refractivity contribution is 5.94. The lowest BCUT2D eigenvalue weighted by molar-refractivity contribution is 0.101. The number of rotatable bonds is 3. The Morgan fingerprint density at radius 1 is 0.950 bits per heavy atom. The number of nitrogens with one attached hydrogen (secondary N) is 1. The molecule has 4 heteroatoms. The summed E-state index contributed by atoms with van der Waals surface area (Å²) >= 11 is 0. The molecule has 2 aromatic carbocycles. The molecule has 0 spiro atoms. The van der Waals surface area contributed by atoms with E-state index in [1.165, 1.54) is 0 Å². The zero-order valence-electron chi connectivity index (χ0n) is 11.0. The maximum absolute atomic E-state index is 11.2. The van der Waals surface area contributed by atoms with Gasteiger partial charge in [-0.05, 0) is 6.92 Å². The average Bonchev–Trinajstić information content (AvgIpc) is 2.98. The van der Waals surface area contributed by atoms with Crippen molar-refractivity contribution in [2.45, 2.75) is 6.92 Å². The van der Waals surface area contributed by atoms with E-state index in [1.54, 1.807) is 19.1 Å². The van der Waals surface area contributed by atoms with Gasteiger partial charge in [-0.2, -0.15) is 5.10 Å². The number of hydrogen-bond donors (Lipinski definition) is 1. The van der Waals surface area contributed by atoms with Crippen LogP contribution in [0.15, 0.2) is 54.6 Å². The Balaban J connectivity index is 1.92. The van der Waals surface area contributed by atoms with Crippen molar-refractivity contribution in [3.63, 3.8) is 0 Å². The summed E-state index contributed by atoms with van der Waals surface area (Å²) in [7, 11) is 0. The number of benzene rings is 2. The molecule has 20 heavy (non-hydrogen) atoms. The first-order valence-corrected chi connectivity index (χ1v) is 6.33. The molecule has 3 rings (SSSR count). The summed E-state index contributed by atoms with van der Waals surface area (Å²) in [5.41, 5.74) is 2.57. The summed E-state index contributed by atoms with van der Waals surface area (Å²) in [6, 6.07) is 17.1. The van der Waals surface area contributed by atoms with Crippen molar-refractivity contribution in [1.29, 1.82) is 0 Å². The number of ketones is 1. The number of nitrogens with zero attached hydrogens (tertiary/aromatic N) is 2. The van der Waals surface area contributed by atoms with Crippen LogP contribution >= 0.6 is 0 Å². The lowest BCUT2D eigenvalue weighted by Gasteiger charge is -1.98. The fourth-order valence-corrected chi connectivity index (χ4v) is 1.97. The molecule has 0 fully saturated rings. The predicted molar refractivity (Wildman–Crippen MR) is 77.3 cm³/mol. The molecule has 1 heterocycles. The van der Waals surface area contributed by atoms with E-state index >= 15 is 0 Å². The molecule has 1 N–H and O–H groups in total. The zero-order chi connectivity index (χ0) is 13.9. The predicted octanol–water partition coefficient (Wildman–Crippen LogP) is 3.34. The Morgan fingerprint density at radius 2 is 1.65 bits per heavy atom. The second-order valence-corrected chi connectivity index (χ2v) is 4.51. The SMILES string of the molecule is CC(=O)c1ccc(-c2nc(-c3ccccc3)n[nH]2)cc1. The summed E-state index contributed by atoms with van der Waals surface area (Å²) in [5.74, 6) is 1.41. The van der Waals surface area contributed by atoms with Crippen LogP contribution in [0.1, 0.15) is 17.3 Å². The smallest absolute Gasteiger partial charge is 0.181 e. The van der Waals surface area contributed by atoms with Crippen LogP contribution < -0.4 is 0 Å². The fraction of sp³-hybridized carbons (Fsp3) is 0.0625. The molecular formula is C16H13N3O. The molecule has 3 aromatic rings. The lowest BCUT2D eigenvalue weighted by atomic mass is 10.1. The minimum Gasteiger partial charge on any atom is -0.295 e. The van der Waals surface area contributed by atoms with Gasteiger partial charge in [-0.3, -0.25) is 9.89 Å². The van der Waals surface area contributed by atoms with Crippen molar-refractivity contribution in [1.82, 2.24) is 15.2 Å². The first-order valence-electron chi connectivity index (χ1n) is 6.33. The molecule has 0 atom stereocenters. The topological polar surface area (TPSA) is 58.6 Å². The highest BCUT2D eigenvalue weighted by Gasteiger charge is 2.07. The van der Waals surface area contributed by atoms with Gasteiger partial charge < -0.3 is 0 Å². The van der Waals surface area contributed by atoms with Gasteiger partial charge in [-0.25, -0.2) is 4.98 Å². The van der Waals surface area contributed by atoms with Crippen molar-refractivity contribution >= 4 is 5.78 Å². The summed E-state index contributed by atoms with van der Waals surface area (Å²) in [6.07, 6.45) is 0. The van der Waals surface area contributed by atoms with Gasteiger partial charge in [0.1, 0.15) is 0 Å². The van der Waals surface area contributed by atoms with Crippen molar-refractivity contribution in [3.05, 3.63) is 60.2 Å². The van der Waals surface area contributed by atoms with Crippen LogP contribution in [0.5, 0.6) is 0 Å². The molecule has 0 unspecified atom stereocenters. The van der Waals surface area contributed by atoms with E-state index < -0.39 is 0 Å². The van der Waals surface area contributed by atoms with Gasteiger partial charge in [0.25, 0.3) is 0 Å². The van der Waals surface area contributed by atoms with Gasteiger partial charge in [0.05, 0.1) is 0 Å². The highest BCUT2D eigenvalue weighted by atomic mass is 16.1. The number of aromatic amines is 1. The van der Waals surface area contributed by atoms with Gasteiger partial charge in [0, 0.05) is 16.7 Å². The minimum absolute atomic E-state index is 0.0547. The van der Waals surface area contributed by atoms with Gasteiger partial charge >= 0.3 is 0 Å². The van der Waals surface area contributed by atoms with Crippen LogP contribution in [0, 0.1) is 0 Å².